The van der Waals surface area contributed by atoms with Gasteiger partial charge in [0.2, 0.25) is 0 Å². The lowest BCUT2D eigenvalue weighted by atomic mass is 10.2. The summed E-state index contributed by atoms with van der Waals surface area (Å²) >= 11 is 0. The molecular formula is C12H15N3O. The maximum atomic E-state index is 11.5. The number of hydrogen-bond donors (Lipinski definition) is 0. The zero-order valence-electron chi connectivity index (χ0n) is 9.98. The molecule has 0 radical (unpaired) electrons. The number of imidazole rings is 1. The van der Waals surface area contributed by atoms with Crippen molar-refractivity contribution in [1.82, 2.24) is 9.38 Å². The predicted octanol–water partition coefficient (Wildman–Crippen LogP) is 1.91. The molecule has 2 aromatic rings. The van der Waals surface area contributed by atoms with Crippen molar-refractivity contribution in [3.05, 3.63) is 29.8 Å². The average molecular weight is 217 g/mol. The van der Waals surface area contributed by atoms with E-state index in [1.54, 1.807) is 6.92 Å². The number of nitrogens with zero attached hydrogens (tertiary/aromatic N) is 3. The minimum absolute atomic E-state index is 0.00139. The molecule has 0 N–H and O–H groups in total. The van der Waals surface area contributed by atoms with Gasteiger partial charge in [0.15, 0.2) is 5.78 Å². The van der Waals surface area contributed by atoms with Crippen LogP contribution in [0.2, 0.25) is 0 Å². The Bertz CT molecular complexity index is 555. The van der Waals surface area contributed by atoms with Gasteiger partial charge in [0, 0.05) is 32.9 Å². The third kappa shape index (κ3) is 1.56. The molecule has 0 amide bonds. The van der Waals surface area contributed by atoms with Gasteiger partial charge in [-0.2, -0.15) is 0 Å². The van der Waals surface area contributed by atoms with Crippen LogP contribution in [-0.4, -0.2) is 29.3 Å². The summed E-state index contributed by atoms with van der Waals surface area (Å²) in [5.74, 6) is 0.840. The summed E-state index contributed by atoms with van der Waals surface area (Å²) in [5.41, 5.74) is 2.48. The van der Waals surface area contributed by atoms with E-state index in [-0.39, 0.29) is 5.78 Å². The number of carbonyl (C=O) groups excluding carboxylic acids is 1. The van der Waals surface area contributed by atoms with Crippen molar-refractivity contribution in [2.75, 3.05) is 19.0 Å². The number of pyridine rings is 1. The van der Waals surface area contributed by atoms with Crippen LogP contribution < -0.4 is 4.90 Å². The Kier molecular flexibility index (Phi) is 2.42. The topological polar surface area (TPSA) is 37.6 Å². The van der Waals surface area contributed by atoms with Gasteiger partial charge in [-0.15, -0.1) is 0 Å². The molecule has 84 valence electrons. The van der Waals surface area contributed by atoms with Crippen molar-refractivity contribution >= 4 is 17.0 Å². The lowest BCUT2D eigenvalue weighted by molar-refractivity contribution is 0.101. The van der Waals surface area contributed by atoms with Crippen molar-refractivity contribution in [2.24, 2.45) is 0 Å². The molecule has 0 aliphatic carbocycles. The molecule has 0 aromatic carbocycles. The highest BCUT2D eigenvalue weighted by Crippen LogP contribution is 2.19. The van der Waals surface area contributed by atoms with E-state index in [4.69, 9.17) is 0 Å². The molecule has 16 heavy (non-hydrogen) atoms. The summed E-state index contributed by atoms with van der Waals surface area (Å²) in [6.07, 6.45) is 1.94. The minimum Gasteiger partial charge on any atom is -0.378 e. The number of rotatable bonds is 2. The Morgan fingerprint density at radius 2 is 2.12 bits per heavy atom. The van der Waals surface area contributed by atoms with Crippen LogP contribution in [-0.2, 0) is 0 Å². The summed E-state index contributed by atoms with van der Waals surface area (Å²) in [7, 11) is 3.95. The number of Topliss-reactive ketones (excluding diaryl/α,β-unsaturated/α-hetero) is 1. The van der Waals surface area contributed by atoms with E-state index in [2.05, 4.69) is 4.98 Å². The number of ketones is 1. The largest absolute Gasteiger partial charge is 0.378 e. The number of fused-ring (bicyclic) bond motifs is 1. The molecule has 2 rings (SSSR count). The lowest BCUT2D eigenvalue weighted by Gasteiger charge is -2.12. The molecule has 0 spiro atoms. The number of anilines is 1. The van der Waals surface area contributed by atoms with Crippen LogP contribution >= 0.6 is 0 Å². The van der Waals surface area contributed by atoms with Crippen molar-refractivity contribution in [2.45, 2.75) is 13.8 Å². The molecule has 0 fully saturated rings. The van der Waals surface area contributed by atoms with E-state index in [1.165, 1.54) is 0 Å². The van der Waals surface area contributed by atoms with Gasteiger partial charge in [-0.05, 0) is 19.1 Å². The van der Waals surface area contributed by atoms with Gasteiger partial charge >= 0.3 is 0 Å². The second-order valence-corrected chi connectivity index (χ2v) is 4.10. The average Bonchev–Trinajstić information content (AvgIpc) is 2.56. The highest BCUT2D eigenvalue weighted by Gasteiger charge is 2.12. The first kappa shape index (κ1) is 10.7. The van der Waals surface area contributed by atoms with Crippen LogP contribution in [0.15, 0.2) is 18.3 Å². The molecule has 0 atom stereocenters. The van der Waals surface area contributed by atoms with Crippen LogP contribution in [0.5, 0.6) is 0 Å². The first-order chi connectivity index (χ1) is 7.50. The highest BCUT2D eigenvalue weighted by molar-refractivity contribution is 5.99. The van der Waals surface area contributed by atoms with Gasteiger partial charge in [-0.1, -0.05) is 0 Å². The summed E-state index contributed by atoms with van der Waals surface area (Å²) in [4.78, 5) is 17.8. The standard InChI is InChI=1S/C12H15N3O/c1-8(16)12-11-7-10(14(3)4)5-6-15(11)9(2)13-12/h5-7H,1-4H3. The predicted molar refractivity (Wildman–Crippen MR) is 64.3 cm³/mol. The fourth-order valence-corrected chi connectivity index (χ4v) is 1.76. The molecule has 0 saturated heterocycles. The van der Waals surface area contributed by atoms with Crippen molar-refractivity contribution in [3.63, 3.8) is 0 Å². The monoisotopic (exact) mass is 217 g/mol. The van der Waals surface area contributed by atoms with Crippen LogP contribution in [0.1, 0.15) is 23.2 Å². The minimum atomic E-state index is 0.00139. The van der Waals surface area contributed by atoms with Gasteiger partial charge in [0.25, 0.3) is 0 Å². The molecule has 4 heteroatoms. The second kappa shape index (κ2) is 3.63. The SMILES string of the molecule is CC(=O)c1nc(C)n2ccc(N(C)C)cc12. The fraction of sp³-hybridized carbons (Fsp3) is 0.333. The van der Waals surface area contributed by atoms with Gasteiger partial charge in [0.1, 0.15) is 11.5 Å². The van der Waals surface area contributed by atoms with Crippen LogP contribution in [0.25, 0.3) is 5.52 Å². The summed E-state index contributed by atoms with van der Waals surface area (Å²) in [5, 5.41) is 0. The van der Waals surface area contributed by atoms with E-state index in [1.807, 2.05) is 48.6 Å². The number of aryl methyl sites for hydroxylation is 1. The maximum absolute atomic E-state index is 11.5. The van der Waals surface area contributed by atoms with Crippen molar-refractivity contribution in [3.8, 4) is 0 Å². The molecule has 0 bridgehead atoms. The normalized spacial score (nSPS) is 10.8. The molecule has 0 unspecified atom stereocenters. The highest BCUT2D eigenvalue weighted by atomic mass is 16.1. The number of aromatic nitrogens is 2. The quantitative estimate of drug-likeness (QED) is 0.721. The molecule has 0 aliphatic heterocycles. The van der Waals surface area contributed by atoms with Crippen LogP contribution in [0.4, 0.5) is 5.69 Å². The van der Waals surface area contributed by atoms with E-state index < -0.39 is 0 Å². The van der Waals surface area contributed by atoms with E-state index in [0.29, 0.717) is 5.69 Å². The Labute approximate surface area is 94.5 Å². The van der Waals surface area contributed by atoms with Crippen molar-refractivity contribution in [1.29, 1.82) is 0 Å². The fourth-order valence-electron chi connectivity index (χ4n) is 1.76. The van der Waals surface area contributed by atoms with Gasteiger partial charge in [-0.3, -0.25) is 4.79 Å². The maximum Gasteiger partial charge on any atom is 0.180 e. The third-order valence-electron chi connectivity index (χ3n) is 2.65. The van der Waals surface area contributed by atoms with Crippen LogP contribution in [0.3, 0.4) is 0 Å². The zero-order valence-corrected chi connectivity index (χ0v) is 9.98. The molecular weight excluding hydrogens is 202 g/mol. The third-order valence-corrected chi connectivity index (χ3v) is 2.65. The van der Waals surface area contributed by atoms with Gasteiger partial charge < -0.3 is 9.30 Å². The first-order valence-electron chi connectivity index (χ1n) is 5.17. The molecule has 2 heterocycles. The molecule has 0 saturated carbocycles. The zero-order chi connectivity index (χ0) is 11.9. The Morgan fingerprint density at radius 1 is 1.44 bits per heavy atom. The Morgan fingerprint density at radius 3 is 2.69 bits per heavy atom. The van der Waals surface area contributed by atoms with Crippen LogP contribution in [0, 0.1) is 6.92 Å². The summed E-state index contributed by atoms with van der Waals surface area (Å²) in [6, 6.07) is 3.99. The lowest BCUT2D eigenvalue weighted by Crippen LogP contribution is -2.09. The number of hydrogen-bond acceptors (Lipinski definition) is 3. The molecule has 2 aromatic heterocycles. The van der Waals surface area contributed by atoms with Gasteiger partial charge in [-0.25, -0.2) is 4.98 Å². The Hall–Kier alpha value is -1.84. The molecule has 4 nitrogen and oxygen atoms in total. The first-order valence-corrected chi connectivity index (χ1v) is 5.17. The van der Waals surface area contributed by atoms with E-state index in [9.17, 15) is 4.79 Å². The molecule has 0 aliphatic rings. The van der Waals surface area contributed by atoms with E-state index in [0.717, 1.165) is 17.0 Å². The summed E-state index contributed by atoms with van der Waals surface area (Å²) in [6.45, 7) is 3.44. The summed E-state index contributed by atoms with van der Waals surface area (Å²) < 4.78 is 1.93. The smallest absolute Gasteiger partial charge is 0.180 e. The van der Waals surface area contributed by atoms with Gasteiger partial charge in [0.05, 0.1) is 5.52 Å². The second-order valence-electron chi connectivity index (χ2n) is 4.10. The van der Waals surface area contributed by atoms with E-state index >= 15 is 0 Å². The number of carbonyl (C=O) groups is 1. The Balaban J connectivity index is 2.74. The van der Waals surface area contributed by atoms with Crippen molar-refractivity contribution < 1.29 is 4.79 Å².